The van der Waals surface area contributed by atoms with Gasteiger partial charge in [-0.25, -0.2) is 4.98 Å². The summed E-state index contributed by atoms with van der Waals surface area (Å²) >= 11 is 0. The van der Waals surface area contributed by atoms with Crippen molar-refractivity contribution in [2.45, 2.75) is 25.5 Å². The van der Waals surface area contributed by atoms with Gasteiger partial charge in [-0.3, -0.25) is 9.69 Å². The molecule has 0 radical (unpaired) electrons. The molecule has 2 aromatic rings. The molecule has 2 N–H and O–H groups in total. The van der Waals surface area contributed by atoms with Gasteiger partial charge in [0.2, 0.25) is 5.91 Å². The maximum Gasteiger partial charge on any atom is 0.239 e. The van der Waals surface area contributed by atoms with E-state index in [0.717, 1.165) is 23.2 Å². The van der Waals surface area contributed by atoms with Gasteiger partial charge in [0.05, 0.1) is 12.6 Å². The van der Waals surface area contributed by atoms with E-state index in [4.69, 9.17) is 0 Å². The molecule has 0 saturated heterocycles. The fourth-order valence-corrected chi connectivity index (χ4v) is 3.09. The van der Waals surface area contributed by atoms with Crippen molar-refractivity contribution in [1.29, 1.82) is 0 Å². The molecule has 1 amide bonds. The second-order valence-corrected chi connectivity index (χ2v) is 6.04. The predicted molar refractivity (Wildman–Crippen MR) is 89.1 cm³/mol. The molecular weight excluding hydrogens is 290 g/mol. The fourth-order valence-electron chi connectivity index (χ4n) is 3.09. The number of aliphatic hydroxyl groups excluding tert-OH is 1. The third-order valence-electron chi connectivity index (χ3n) is 4.28. The predicted octanol–water partition coefficient (Wildman–Crippen LogP) is 1.92. The van der Waals surface area contributed by atoms with Crippen LogP contribution in [0.4, 0.5) is 5.82 Å². The number of anilines is 1. The molecule has 2 atom stereocenters. The number of carbonyl (C=O) groups is 1. The Morgan fingerprint density at radius 2 is 2.09 bits per heavy atom. The third kappa shape index (κ3) is 3.41. The molecule has 1 aliphatic carbocycles. The number of likely N-dealkylation sites (N-methyl/N-ethyl adjacent to an activating group) is 1. The molecule has 23 heavy (non-hydrogen) atoms. The molecule has 1 aliphatic rings. The highest BCUT2D eigenvalue weighted by molar-refractivity contribution is 5.91. The Hall–Kier alpha value is -2.24. The Labute approximate surface area is 136 Å². The van der Waals surface area contributed by atoms with E-state index in [9.17, 15) is 9.90 Å². The topological polar surface area (TPSA) is 65.5 Å². The molecule has 120 valence electrons. The van der Waals surface area contributed by atoms with Crippen LogP contribution in [0.2, 0.25) is 0 Å². The summed E-state index contributed by atoms with van der Waals surface area (Å²) in [7, 11) is 1.86. The number of rotatable bonds is 4. The van der Waals surface area contributed by atoms with Crippen molar-refractivity contribution in [1.82, 2.24) is 9.88 Å². The van der Waals surface area contributed by atoms with E-state index in [1.807, 2.05) is 55.3 Å². The zero-order chi connectivity index (χ0) is 16.4. The molecule has 1 aromatic carbocycles. The lowest BCUT2D eigenvalue weighted by molar-refractivity contribution is -0.118. The molecule has 0 unspecified atom stereocenters. The molecule has 3 rings (SSSR count). The maximum absolute atomic E-state index is 12.2. The van der Waals surface area contributed by atoms with Crippen LogP contribution in [0, 0.1) is 6.92 Å². The number of hydrogen-bond donors (Lipinski definition) is 2. The first-order chi connectivity index (χ1) is 11.0. The first kappa shape index (κ1) is 15.6. The SMILES string of the molecule is Cc1cccc(NC(=O)CN(C)[C@H]2Cc3ccccc3[C@@H]2O)n1. The second kappa shape index (κ2) is 6.48. The van der Waals surface area contributed by atoms with Gasteiger partial charge in [0, 0.05) is 11.7 Å². The van der Waals surface area contributed by atoms with Gasteiger partial charge < -0.3 is 10.4 Å². The number of hydrogen-bond acceptors (Lipinski definition) is 4. The van der Waals surface area contributed by atoms with Crippen LogP contribution in [-0.4, -0.2) is 40.5 Å². The lowest BCUT2D eigenvalue weighted by Crippen LogP contribution is -2.40. The van der Waals surface area contributed by atoms with Gasteiger partial charge >= 0.3 is 0 Å². The zero-order valence-electron chi connectivity index (χ0n) is 13.4. The smallest absolute Gasteiger partial charge is 0.239 e. The second-order valence-electron chi connectivity index (χ2n) is 6.04. The highest BCUT2D eigenvalue weighted by Gasteiger charge is 2.33. The molecule has 1 aromatic heterocycles. The molecule has 5 nitrogen and oxygen atoms in total. The van der Waals surface area contributed by atoms with Crippen LogP contribution in [-0.2, 0) is 11.2 Å². The molecule has 0 aliphatic heterocycles. The minimum Gasteiger partial charge on any atom is -0.387 e. The van der Waals surface area contributed by atoms with E-state index in [1.54, 1.807) is 6.07 Å². The van der Waals surface area contributed by atoms with Gasteiger partial charge in [-0.1, -0.05) is 30.3 Å². The number of carbonyl (C=O) groups excluding carboxylic acids is 1. The number of nitrogens with one attached hydrogen (secondary N) is 1. The van der Waals surface area contributed by atoms with E-state index < -0.39 is 6.10 Å². The number of aliphatic hydroxyl groups is 1. The number of amides is 1. The highest BCUT2D eigenvalue weighted by Crippen LogP contribution is 2.33. The van der Waals surface area contributed by atoms with Gasteiger partial charge in [0.1, 0.15) is 5.82 Å². The fraction of sp³-hybridized carbons (Fsp3) is 0.333. The van der Waals surface area contributed by atoms with Crippen molar-refractivity contribution < 1.29 is 9.90 Å². The van der Waals surface area contributed by atoms with Crippen molar-refractivity contribution in [3.63, 3.8) is 0 Å². The van der Waals surface area contributed by atoms with Crippen molar-refractivity contribution in [3.05, 3.63) is 59.3 Å². The number of fused-ring (bicyclic) bond motifs is 1. The Kier molecular flexibility index (Phi) is 4.41. The van der Waals surface area contributed by atoms with Gasteiger partial charge in [-0.2, -0.15) is 0 Å². The van der Waals surface area contributed by atoms with Crippen molar-refractivity contribution in [3.8, 4) is 0 Å². The monoisotopic (exact) mass is 311 g/mol. The van der Waals surface area contributed by atoms with Crippen LogP contribution in [0.3, 0.4) is 0 Å². The quantitative estimate of drug-likeness (QED) is 0.905. The minimum absolute atomic E-state index is 0.0800. The summed E-state index contributed by atoms with van der Waals surface area (Å²) < 4.78 is 0. The summed E-state index contributed by atoms with van der Waals surface area (Å²) in [6, 6.07) is 13.3. The Morgan fingerprint density at radius 1 is 1.30 bits per heavy atom. The molecule has 1 heterocycles. The summed E-state index contributed by atoms with van der Waals surface area (Å²) in [6.07, 6.45) is 0.199. The molecule has 0 spiro atoms. The van der Waals surface area contributed by atoms with Gasteiger partial charge in [-0.15, -0.1) is 0 Å². The third-order valence-corrected chi connectivity index (χ3v) is 4.28. The number of benzene rings is 1. The first-order valence-electron chi connectivity index (χ1n) is 7.74. The van der Waals surface area contributed by atoms with Crippen LogP contribution < -0.4 is 5.32 Å². The van der Waals surface area contributed by atoms with E-state index in [-0.39, 0.29) is 18.5 Å². The number of pyridine rings is 1. The molecule has 0 saturated carbocycles. The number of aryl methyl sites for hydroxylation is 1. The van der Waals surface area contributed by atoms with Gasteiger partial charge in [0.25, 0.3) is 0 Å². The largest absolute Gasteiger partial charge is 0.387 e. The van der Waals surface area contributed by atoms with Crippen molar-refractivity contribution in [2.75, 3.05) is 18.9 Å². The Balaban J connectivity index is 1.61. The first-order valence-corrected chi connectivity index (χ1v) is 7.74. The van der Waals surface area contributed by atoms with Crippen LogP contribution >= 0.6 is 0 Å². The van der Waals surface area contributed by atoms with Gasteiger partial charge in [-0.05, 0) is 43.7 Å². The van der Waals surface area contributed by atoms with E-state index in [1.165, 1.54) is 0 Å². The summed E-state index contributed by atoms with van der Waals surface area (Å²) in [4.78, 5) is 18.4. The zero-order valence-corrected chi connectivity index (χ0v) is 13.4. The van der Waals surface area contributed by atoms with E-state index in [2.05, 4.69) is 10.3 Å². The van der Waals surface area contributed by atoms with E-state index >= 15 is 0 Å². The molecule has 0 fully saturated rings. The minimum atomic E-state index is -0.555. The molecule has 0 bridgehead atoms. The average Bonchev–Trinajstić information content (AvgIpc) is 2.85. The summed E-state index contributed by atoms with van der Waals surface area (Å²) in [5.41, 5.74) is 2.97. The van der Waals surface area contributed by atoms with Crippen molar-refractivity contribution >= 4 is 11.7 Å². The maximum atomic E-state index is 12.2. The number of nitrogens with zero attached hydrogens (tertiary/aromatic N) is 2. The van der Waals surface area contributed by atoms with Crippen LogP contribution in [0.5, 0.6) is 0 Å². The van der Waals surface area contributed by atoms with Crippen molar-refractivity contribution in [2.24, 2.45) is 0 Å². The summed E-state index contributed by atoms with van der Waals surface area (Å²) in [5, 5.41) is 13.3. The normalized spacial score (nSPS) is 19.7. The standard InChI is InChI=1S/C18H21N3O2/c1-12-6-5-9-16(19-12)20-17(22)11-21(2)15-10-13-7-3-4-8-14(13)18(15)23/h3-9,15,18,23H,10-11H2,1-2H3,(H,19,20,22)/t15-,18-/m0/s1. The Bertz CT molecular complexity index is 717. The lowest BCUT2D eigenvalue weighted by Gasteiger charge is -2.26. The van der Waals surface area contributed by atoms with Gasteiger partial charge in [0.15, 0.2) is 0 Å². The Morgan fingerprint density at radius 3 is 2.83 bits per heavy atom. The van der Waals surface area contributed by atoms with Crippen LogP contribution in [0.25, 0.3) is 0 Å². The van der Waals surface area contributed by atoms with Crippen LogP contribution in [0.1, 0.15) is 22.9 Å². The van der Waals surface area contributed by atoms with Crippen LogP contribution in [0.15, 0.2) is 42.5 Å². The summed E-state index contributed by atoms with van der Waals surface area (Å²) in [6.45, 7) is 2.10. The summed E-state index contributed by atoms with van der Waals surface area (Å²) in [5.74, 6) is 0.424. The van der Waals surface area contributed by atoms with E-state index in [0.29, 0.717) is 5.82 Å². The lowest BCUT2D eigenvalue weighted by atomic mass is 10.1. The average molecular weight is 311 g/mol. The molecular formula is C18H21N3O2. The molecule has 5 heteroatoms. The number of aromatic nitrogens is 1. The highest BCUT2D eigenvalue weighted by atomic mass is 16.3.